The van der Waals surface area contributed by atoms with Gasteiger partial charge in [-0.05, 0) is 25.8 Å². The summed E-state index contributed by atoms with van der Waals surface area (Å²) in [5.74, 6) is -0.475. The van der Waals surface area contributed by atoms with Gasteiger partial charge in [0.05, 0.1) is 29.2 Å². The molecule has 0 aliphatic carbocycles. The molecule has 1 aromatic carbocycles. The highest BCUT2D eigenvalue weighted by Crippen LogP contribution is 2.44. The average molecular weight is 388 g/mol. The zero-order valence-electron chi connectivity index (χ0n) is 16.0. The fraction of sp³-hybridized carbons (Fsp3) is 0.450. The van der Waals surface area contributed by atoms with E-state index in [1.54, 1.807) is 18.9 Å². The van der Waals surface area contributed by atoms with Crippen LogP contribution >= 0.6 is 11.8 Å². The van der Waals surface area contributed by atoms with Crippen LogP contribution in [0.4, 0.5) is 0 Å². The molecule has 2 heterocycles. The number of nitrogens with zero attached hydrogens (tertiary/aromatic N) is 2. The maximum absolute atomic E-state index is 13.0. The zero-order chi connectivity index (χ0) is 19.6. The predicted molar refractivity (Wildman–Crippen MR) is 105 cm³/mol. The molecule has 2 aliphatic heterocycles. The number of fused-ring (bicyclic) bond motifs is 1. The molecule has 0 radical (unpaired) electrons. The Morgan fingerprint density at radius 2 is 1.93 bits per heavy atom. The molecule has 0 N–H and O–H groups in total. The number of allylic oxidation sites excluding steroid dienone is 1. The van der Waals surface area contributed by atoms with Gasteiger partial charge in [-0.3, -0.25) is 9.69 Å². The van der Waals surface area contributed by atoms with Crippen molar-refractivity contribution in [2.75, 3.05) is 20.3 Å². The number of rotatable bonds is 6. The lowest BCUT2D eigenvalue weighted by Crippen LogP contribution is -2.40. The first kappa shape index (κ1) is 19.6. The van der Waals surface area contributed by atoms with E-state index in [-0.39, 0.29) is 17.8 Å². The van der Waals surface area contributed by atoms with E-state index in [9.17, 15) is 9.59 Å². The topological polar surface area (TPSA) is 68.2 Å². The van der Waals surface area contributed by atoms with Crippen molar-refractivity contribution in [3.8, 4) is 0 Å². The third kappa shape index (κ3) is 3.80. The number of amides is 1. The molecule has 0 unspecified atom stereocenters. The van der Waals surface area contributed by atoms with Crippen molar-refractivity contribution in [2.45, 2.75) is 38.5 Å². The van der Waals surface area contributed by atoms with Crippen molar-refractivity contribution in [3.63, 3.8) is 0 Å². The Bertz CT molecular complexity index is 801. The fourth-order valence-electron chi connectivity index (χ4n) is 3.21. The standard InChI is InChI=1S/C20H24N2O4S/c1-5-15-18(23)22-17(14-8-6-12(2)7-9-14)16(13(3)21-20(22)27-15)19(24)26-11-10-25-4/h6-9,15,17H,5,10-11H2,1-4H3/t15-,17+/m0/s1. The Kier molecular flexibility index (Phi) is 6.01. The lowest BCUT2D eigenvalue weighted by atomic mass is 9.93. The number of hydrogen-bond donors (Lipinski definition) is 0. The predicted octanol–water partition coefficient (Wildman–Crippen LogP) is 3.22. The van der Waals surface area contributed by atoms with E-state index < -0.39 is 12.0 Å². The van der Waals surface area contributed by atoms with Gasteiger partial charge in [-0.1, -0.05) is 48.5 Å². The molecule has 1 fully saturated rings. The van der Waals surface area contributed by atoms with Crippen LogP contribution in [0.15, 0.2) is 40.5 Å². The minimum atomic E-state index is -0.523. The number of aryl methyl sites for hydroxylation is 1. The molecule has 1 aromatic rings. The molecular weight excluding hydrogens is 364 g/mol. The van der Waals surface area contributed by atoms with Crippen LogP contribution < -0.4 is 0 Å². The lowest BCUT2D eigenvalue weighted by Gasteiger charge is -2.33. The fourth-order valence-corrected chi connectivity index (χ4v) is 4.34. The summed E-state index contributed by atoms with van der Waals surface area (Å²) in [7, 11) is 1.55. The molecule has 27 heavy (non-hydrogen) atoms. The van der Waals surface area contributed by atoms with E-state index in [2.05, 4.69) is 4.99 Å². The van der Waals surface area contributed by atoms with Gasteiger partial charge in [-0.2, -0.15) is 0 Å². The highest BCUT2D eigenvalue weighted by atomic mass is 32.2. The van der Waals surface area contributed by atoms with Crippen LogP contribution in [0.25, 0.3) is 0 Å². The Labute approximate surface area is 163 Å². The summed E-state index contributed by atoms with van der Waals surface area (Å²) in [6, 6.07) is 7.35. The van der Waals surface area contributed by atoms with Crippen molar-refractivity contribution in [3.05, 3.63) is 46.7 Å². The van der Waals surface area contributed by atoms with Gasteiger partial charge in [0.2, 0.25) is 5.91 Å². The van der Waals surface area contributed by atoms with Gasteiger partial charge in [0.25, 0.3) is 0 Å². The first-order valence-electron chi connectivity index (χ1n) is 8.99. The van der Waals surface area contributed by atoms with Crippen molar-refractivity contribution >= 4 is 28.8 Å². The largest absolute Gasteiger partial charge is 0.460 e. The van der Waals surface area contributed by atoms with Crippen LogP contribution in [0.3, 0.4) is 0 Å². The Morgan fingerprint density at radius 3 is 2.56 bits per heavy atom. The van der Waals surface area contributed by atoms with Crippen molar-refractivity contribution < 1.29 is 19.1 Å². The first-order chi connectivity index (χ1) is 13.0. The molecule has 0 saturated carbocycles. The van der Waals surface area contributed by atoms with Crippen LogP contribution in [-0.2, 0) is 19.1 Å². The summed E-state index contributed by atoms with van der Waals surface area (Å²) < 4.78 is 10.3. The highest BCUT2D eigenvalue weighted by molar-refractivity contribution is 8.15. The van der Waals surface area contributed by atoms with E-state index in [1.807, 2.05) is 38.1 Å². The molecule has 0 aromatic heterocycles. The van der Waals surface area contributed by atoms with Crippen molar-refractivity contribution in [1.29, 1.82) is 0 Å². The third-order valence-corrected chi connectivity index (χ3v) is 5.97. The number of methoxy groups -OCH3 is 1. The summed E-state index contributed by atoms with van der Waals surface area (Å²) in [6.07, 6.45) is 0.715. The average Bonchev–Trinajstić information content (AvgIpc) is 2.96. The monoisotopic (exact) mass is 388 g/mol. The van der Waals surface area contributed by atoms with E-state index in [0.29, 0.717) is 29.5 Å². The van der Waals surface area contributed by atoms with Gasteiger partial charge >= 0.3 is 5.97 Å². The number of carbonyl (C=O) groups is 2. The number of hydrogen-bond acceptors (Lipinski definition) is 6. The Hall–Kier alpha value is -2.12. The van der Waals surface area contributed by atoms with Gasteiger partial charge in [-0.25, -0.2) is 9.79 Å². The van der Waals surface area contributed by atoms with Crippen molar-refractivity contribution in [2.24, 2.45) is 4.99 Å². The summed E-state index contributed by atoms with van der Waals surface area (Å²) in [5.41, 5.74) is 2.98. The maximum atomic E-state index is 13.0. The molecule has 1 amide bonds. The number of carbonyl (C=O) groups excluding carboxylic acids is 2. The lowest BCUT2D eigenvalue weighted by molar-refractivity contribution is -0.141. The molecule has 144 valence electrons. The van der Waals surface area contributed by atoms with Crippen LogP contribution in [0.1, 0.15) is 37.4 Å². The molecule has 0 spiro atoms. The van der Waals surface area contributed by atoms with Crippen LogP contribution in [-0.4, -0.2) is 47.5 Å². The Morgan fingerprint density at radius 1 is 1.22 bits per heavy atom. The van der Waals surface area contributed by atoms with Crippen LogP contribution in [0, 0.1) is 6.92 Å². The van der Waals surface area contributed by atoms with Gasteiger partial charge < -0.3 is 9.47 Å². The molecule has 0 bridgehead atoms. The maximum Gasteiger partial charge on any atom is 0.338 e. The number of amidine groups is 1. The highest BCUT2D eigenvalue weighted by Gasteiger charge is 2.47. The number of thioether (sulfide) groups is 1. The molecule has 1 saturated heterocycles. The summed E-state index contributed by atoms with van der Waals surface area (Å²) in [4.78, 5) is 32.0. The summed E-state index contributed by atoms with van der Waals surface area (Å²) in [6.45, 7) is 6.25. The Balaban J connectivity index is 2.03. The molecular formula is C20H24N2O4S. The minimum absolute atomic E-state index is 0.0125. The zero-order valence-corrected chi connectivity index (χ0v) is 16.8. The molecule has 6 nitrogen and oxygen atoms in total. The summed E-state index contributed by atoms with van der Waals surface area (Å²) >= 11 is 1.46. The number of esters is 1. The molecule has 7 heteroatoms. The van der Waals surface area contributed by atoms with Crippen LogP contribution in [0.5, 0.6) is 0 Å². The second-order valence-corrected chi connectivity index (χ2v) is 7.73. The van der Waals surface area contributed by atoms with Gasteiger partial charge in [0.1, 0.15) is 6.61 Å². The molecule has 2 atom stereocenters. The van der Waals surface area contributed by atoms with E-state index in [1.165, 1.54) is 11.8 Å². The number of ether oxygens (including phenoxy) is 2. The molecule has 3 rings (SSSR count). The first-order valence-corrected chi connectivity index (χ1v) is 9.87. The quantitative estimate of drug-likeness (QED) is 0.553. The van der Waals surface area contributed by atoms with Gasteiger partial charge in [0, 0.05) is 7.11 Å². The summed E-state index contributed by atoms with van der Waals surface area (Å²) in [5, 5.41) is 0.483. The van der Waals surface area contributed by atoms with Crippen LogP contribution in [0.2, 0.25) is 0 Å². The van der Waals surface area contributed by atoms with E-state index in [4.69, 9.17) is 9.47 Å². The number of benzene rings is 1. The van der Waals surface area contributed by atoms with Gasteiger partial charge in [0.15, 0.2) is 5.17 Å². The van der Waals surface area contributed by atoms with E-state index >= 15 is 0 Å². The van der Waals surface area contributed by atoms with Gasteiger partial charge in [-0.15, -0.1) is 0 Å². The normalized spacial score (nSPS) is 22.0. The minimum Gasteiger partial charge on any atom is -0.460 e. The second-order valence-electron chi connectivity index (χ2n) is 6.56. The molecule has 2 aliphatic rings. The number of aliphatic imine (C=N–C) groups is 1. The SMILES string of the molecule is CC[C@@H]1SC2=NC(C)=C(C(=O)OCCOC)[C@@H](c3ccc(C)cc3)N2C1=O. The smallest absolute Gasteiger partial charge is 0.338 e. The van der Waals surface area contributed by atoms with E-state index in [0.717, 1.165) is 11.1 Å². The second kappa shape index (κ2) is 8.27. The van der Waals surface area contributed by atoms with Crippen molar-refractivity contribution in [1.82, 2.24) is 4.90 Å². The third-order valence-electron chi connectivity index (χ3n) is 4.66.